The number of imidazole rings is 1. The van der Waals surface area contributed by atoms with Crippen molar-refractivity contribution in [1.29, 1.82) is 0 Å². The molecule has 5 rings (SSSR count). The van der Waals surface area contributed by atoms with Gasteiger partial charge in [0.05, 0.1) is 26.8 Å². The number of benzene rings is 1. The van der Waals surface area contributed by atoms with Crippen molar-refractivity contribution < 1.29 is 4.79 Å². The molecule has 4 aromatic rings. The molecule has 1 fully saturated rings. The van der Waals surface area contributed by atoms with Gasteiger partial charge in [-0.15, -0.1) is 11.3 Å². The van der Waals surface area contributed by atoms with Crippen molar-refractivity contribution in [2.75, 3.05) is 13.1 Å². The van der Waals surface area contributed by atoms with E-state index >= 15 is 0 Å². The van der Waals surface area contributed by atoms with Crippen LogP contribution in [-0.4, -0.2) is 43.4 Å². The average Bonchev–Trinajstić information content (AvgIpc) is 3.43. The van der Waals surface area contributed by atoms with Crippen LogP contribution in [0.3, 0.4) is 0 Å². The molecule has 0 unspecified atom stereocenters. The minimum atomic E-state index is -0.158. The summed E-state index contributed by atoms with van der Waals surface area (Å²) in [6.45, 7) is 1.24. The summed E-state index contributed by atoms with van der Waals surface area (Å²) >= 11 is 1.70. The Hall–Kier alpha value is -3.00. The standard InChI is InChI=1S/C21H21N5O2S/c27-19(9-3-8-18-23-15-5-1-2-7-17(15)29-18)25-12-10-14(13-25)26-20-16(24-21(26)28)6-4-11-22-20/h1-2,4-7,11,14H,3,8-10,12-13H2,(H,24,28)/t14-/m1/s1. The Labute approximate surface area is 171 Å². The molecule has 7 nitrogen and oxygen atoms in total. The number of para-hydroxylation sites is 1. The van der Waals surface area contributed by atoms with Gasteiger partial charge in [0.25, 0.3) is 0 Å². The van der Waals surface area contributed by atoms with E-state index in [1.165, 1.54) is 4.70 Å². The highest BCUT2D eigenvalue weighted by molar-refractivity contribution is 7.18. The van der Waals surface area contributed by atoms with Gasteiger partial charge in [0.1, 0.15) is 0 Å². The van der Waals surface area contributed by atoms with E-state index in [4.69, 9.17) is 0 Å². The van der Waals surface area contributed by atoms with Crippen molar-refractivity contribution in [2.45, 2.75) is 31.7 Å². The predicted molar refractivity (Wildman–Crippen MR) is 113 cm³/mol. The van der Waals surface area contributed by atoms with Gasteiger partial charge in [-0.2, -0.15) is 0 Å². The van der Waals surface area contributed by atoms with E-state index in [9.17, 15) is 9.59 Å². The Morgan fingerprint density at radius 2 is 2.14 bits per heavy atom. The summed E-state index contributed by atoms with van der Waals surface area (Å²) in [6, 6.07) is 11.7. The maximum absolute atomic E-state index is 12.7. The topological polar surface area (TPSA) is 83.9 Å². The van der Waals surface area contributed by atoms with Crippen LogP contribution >= 0.6 is 11.3 Å². The first kappa shape index (κ1) is 18.1. The molecule has 0 radical (unpaired) electrons. The summed E-state index contributed by atoms with van der Waals surface area (Å²) in [7, 11) is 0. The number of rotatable bonds is 5. The number of carbonyl (C=O) groups is 1. The summed E-state index contributed by atoms with van der Waals surface area (Å²) in [5, 5.41) is 1.08. The normalized spacial score (nSPS) is 16.8. The molecular weight excluding hydrogens is 386 g/mol. The second-order valence-electron chi connectivity index (χ2n) is 7.39. The number of carbonyl (C=O) groups excluding carboxylic acids is 1. The minimum absolute atomic E-state index is 0.0284. The fraction of sp³-hybridized carbons (Fsp3) is 0.333. The summed E-state index contributed by atoms with van der Waals surface area (Å²) in [4.78, 5) is 38.7. The lowest BCUT2D eigenvalue weighted by Gasteiger charge is -2.16. The van der Waals surface area contributed by atoms with Crippen molar-refractivity contribution in [1.82, 2.24) is 24.4 Å². The second kappa shape index (κ2) is 7.44. The maximum atomic E-state index is 12.7. The number of thiazole rings is 1. The van der Waals surface area contributed by atoms with E-state index in [2.05, 4.69) is 21.0 Å². The van der Waals surface area contributed by atoms with Crippen LogP contribution in [-0.2, 0) is 11.2 Å². The van der Waals surface area contributed by atoms with Gasteiger partial charge in [0.2, 0.25) is 5.91 Å². The molecule has 1 aromatic carbocycles. The quantitative estimate of drug-likeness (QED) is 0.551. The van der Waals surface area contributed by atoms with E-state index in [0.717, 1.165) is 35.3 Å². The number of pyridine rings is 1. The van der Waals surface area contributed by atoms with Gasteiger partial charge in [-0.25, -0.2) is 14.8 Å². The minimum Gasteiger partial charge on any atom is -0.341 e. The largest absolute Gasteiger partial charge is 0.341 e. The summed E-state index contributed by atoms with van der Waals surface area (Å²) in [5.41, 5.74) is 2.26. The van der Waals surface area contributed by atoms with Crippen LogP contribution in [0.1, 0.15) is 30.3 Å². The van der Waals surface area contributed by atoms with E-state index in [1.807, 2.05) is 29.2 Å². The first-order chi connectivity index (χ1) is 14.2. The molecule has 0 saturated carbocycles. The molecule has 0 aliphatic carbocycles. The van der Waals surface area contributed by atoms with Crippen molar-refractivity contribution in [3.05, 3.63) is 58.1 Å². The van der Waals surface area contributed by atoms with Gasteiger partial charge < -0.3 is 9.88 Å². The third-order valence-corrected chi connectivity index (χ3v) is 6.57. The number of aromatic amines is 1. The van der Waals surface area contributed by atoms with Gasteiger partial charge in [0.15, 0.2) is 5.65 Å². The number of hydrogen-bond acceptors (Lipinski definition) is 5. The van der Waals surface area contributed by atoms with Crippen molar-refractivity contribution in [2.24, 2.45) is 0 Å². The molecular formula is C21H21N5O2S. The number of nitrogens with zero attached hydrogens (tertiary/aromatic N) is 4. The first-order valence-corrected chi connectivity index (χ1v) is 10.7. The lowest BCUT2D eigenvalue weighted by molar-refractivity contribution is -0.130. The zero-order chi connectivity index (χ0) is 19.8. The molecule has 8 heteroatoms. The number of aromatic nitrogens is 4. The van der Waals surface area contributed by atoms with Crippen LogP contribution < -0.4 is 5.69 Å². The molecule has 0 bridgehead atoms. The van der Waals surface area contributed by atoms with Crippen LogP contribution in [0.2, 0.25) is 0 Å². The molecule has 1 aliphatic heterocycles. The van der Waals surface area contributed by atoms with Crippen molar-refractivity contribution in [3.63, 3.8) is 0 Å². The smallest absolute Gasteiger partial charge is 0.327 e. The molecule has 3 aromatic heterocycles. The molecule has 1 atom stereocenters. The summed E-state index contributed by atoms with van der Waals surface area (Å²) in [6.07, 6.45) is 4.56. The zero-order valence-corrected chi connectivity index (χ0v) is 16.7. The Bertz CT molecular complexity index is 1210. The highest BCUT2D eigenvalue weighted by atomic mass is 32.1. The van der Waals surface area contributed by atoms with Crippen LogP contribution in [0.25, 0.3) is 21.4 Å². The molecule has 0 spiro atoms. The Morgan fingerprint density at radius 1 is 1.24 bits per heavy atom. The molecule has 1 N–H and O–H groups in total. The van der Waals surface area contributed by atoms with E-state index in [1.54, 1.807) is 28.2 Å². The third kappa shape index (κ3) is 3.44. The highest BCUT2D eigenvalue weighted by Gasteiger charge is 2.29. The number of H-pyrrole nitrogens is 1. The lowest BCUT2D eigenvalue weighted by Crippen LogP contribution is -2.30. The highest BCUT2D eigenvalue weighted by Crippen LogP contribution is 2.25. The fourth-order valence-corrected chi connectivity index (χ4v) is 5.06. The van der Waals surface area contributed by atoms with Crippen molar-refractivity contribution in [3.8, 4) is 0 Å². The van der Waals surface area contributed by atoms with Crippen molar-refractivity contribution >= 4 is 38.6 Å². The molecule has 1 saturated heterocycles. The molecule has 4 heterocycles. The second-order valence-corrected chi connectivity index (χ2v) is 8.50. The fourth-order valence-electron chi connectivity index (χ4n) is 4.05. The predicted octanol–water partition coefficient (Wildman–Crippen LogP) is 3.13. The van der Waals surface area contributed by atoms with Gasteiger partial charge in [0, 0.05) is 25.7 Å². The monoisotopic (exact) mass is 407 g/mol. The lowest BCUT2D eigenvalue weighted by atomic mass is 10.2. The number of likely N-dealkylation sites (tertiary alicyclic amines) is 1. The van der Waals surface area contributed by atoms with Crippen LogP contribution in [0.4, 0.5) is 0 Å². The van der Waals surface area contributed by atoms with Gasteiger partial charge in [-0.1, -0.05) is 12.1 Å². The SMILES string of the molecule is O=C(CCCc1nc2ccccc2s1)N1CC[C@@H](n2c(=O)[nH]c3cccnc32)C1. The number of amides is 1. The molecule has 29 heavy (non-hydrogen) atoms. The van der Waals surface area contributed by atoms with Gasteiger partial charge in [-0.3, -0.25) is 9.36 Å². The number of aryl methyl sites for hydroxylation is 1. The summed E-state index contributed by atoms with van der Waals surface area (Å²) in [5.74, 6) is 0.148. The first-order valence-electron chi connectivity index (χ1n) is 9.86. The molecule has 148 valence electrons. The number of fused-ring (bicyclic) bond motifs is 2. The molecule has 1 aliphatic rings. The van der Waals surface area contributed by atoms with E-state index in [0.29, 0.717) is 25.2 Å². The van der Waals surface area contributed by atoms with Crippen LogP contribution in [0.15, 0.2) is 47.4 Å². The molecule has 1 amide bonds. The Morgan fingerprint density at radius 3 is 3.03 bits per heavy atom. The Balaban J connectivity index is 1.20. The summed E-state index contributed by atoms with van der Waals surface area (Å²) < 4.78 is 2.89. The van der Waals surface area contributed by atoms with E-state index < -0.39 is 0 Å². The Kier molecular flexibility index (Phi) is 4.63. The number of hydrogen-bond donors (Lipinski definition) is 1. The average molecular weight is 407 g/mol. The maximum Gasteiger partial charge on any atom is 0.327 e. The number of nitrogens with one attached hydrogen (secondary N) is 1. The van der Waals surface area contributed by atoms with Crippen LogP contribution in [0.5, 0.6) is 0 Å². The third-order valence-electron chi connectivity index (χ3n) is 5.48. The van der Waals surface area contributed by atoms with E-state index in [-0.39, 0.29) is 17.6 Å². The van der Waals surface area contributed by atoms with Gasteiger partial charge >= 0.3 is 5.69 Å². The van der Waals surface area contributed by atoms with Gasteiger partial charge in [-0.05, 0) is 43.5 Å². The zero-order valence-electron chi connectivity index (χ0n) is 15.9. The van der Waals surface area contributed by atoms with Crippen LogP contribution in [0, 0.1) is 0 Å².